The normalized spacial score (nSPS) is 17.7. The number of ether oxygens (including phenoxy) is 3. The highest BCUT2D eigenvalue weighted by atomic mass is 19.1. The number of benzene rings is 2. The minimum Gasteiger partial charge on any atom is -0.489 e. The molecule has 1 aliphatic carbocycles. The molecule has 0 spiro atoms. The minimum absolute atomic E-state index is 0.0998. The van der Waals surface area contributed by atoms with Crippen LogP contribution >= 0.6 is 0 Å². The monoisotopic (exact) mass is 513 g/mol. The first-order chi connectivity index (χ1) is 18.5. The van der Waals surface area contributed by atoms with Crippen molar-refractivity contribution in [3.63, 3.8) is 0 Å². The number of hydrogen-bond acceptors (Lipinski definition) is 5. The number of aromatic nitrogens is 1. The van der Waals surface area contributed by atoms with Crippen LogP contribution in [-0.4, -0.2) is 30.1 Å². The molecule has 0 bridgehead atoms. The van der Waals surface area contributed by atoms with Crippen LogP contribution in [0.3, 0.4) is 0 Å². The van der Waals surface area contributed by atoms with Gasteiger partial charge in [-0.05, 0) is 67.6 Å². The lowest BCUT2D eigenvalue weighted by Crippen LogP contribution is -2.25. The van der Waals surface area contributed by atoms with Crippen LogP contribution in [0.5, 0.6) is 11.5 Å². The van der Waals surface area contributed by atoms with E-state index in [4.69, 9.17) is 14.2 Å². The number of halogens is 1. The Morgan fingerprint density at radius 2 is 1.87 bits per heavy atom. The summed E-state index contributed by atoms with van der Waals surface area (Å²) >= 11 is 0. The second-order valence-electron chi connectivity index (χ2n) is 9.89. The zero-order valence-electron chi connectivity index (χ0n) is 21.8. The summed E-state index contributed by atoms with van der Waals surface area (Å²) in [5.74, 6) is 7.10. The SMILES string of the molecule is CC#C[C@@H](CC(C)=O)c1ccc(O[C@@H]2CCc3c(-c4cncc(OC5CCOCC5)c4)ccc(F)c32)cc1. The molecule has 0 radical (unpaired) electrons. The van der Waals surface area contributed by atoms with E-state index in [9.17, 15) is 4.79 Å². The van der Waals surface area contributed by atoms with Crippen molar-refractivity contribution in [1.29, 1.82) is 0 Å². The Morgan fingerprint density at radius 3 is 2.61 bits per heavy atom. The topological polar surface area (TPSA) is 57.7 Å². The molecule has 2 atom stereocenters. The van der Waals surface area contributed by atoms with Crippen molar-refractivity contribution >= 4 is 5.78 Å². The number of carbonyl (C=O) groups excluding carboxylic acids is 1. The van der Waals surface area contributed by atoms with E-state index in [0.717, 1.165) is 35.1 Å². The van der Waals surface area contributed by atoms with Crippen LogP contribution < -0.4 is 9.47 Å². The van der Waals surface area contributed by atoms with Crippen LogP contribution in [0.25, 0.3) is 11.1 Å². The number of carbonyl (C=O) groups is 1. The van der Waals surface area contributed by atoms with Gasteiger partial charge in [0.05, 0.1) is 25.3 Å². The maximum Gasteiger partial charge on any atom is 0.138 e. The van der Waals surface area contributed by atoms with Gasteiger partial charge >= 0.3 is 0 Å². The van der Waals surface area contributed by atoms with Crippen LogP contribution in [0.15, 0.2) is 54.9 Å². The van der Waals surface area contributed by atoms with E-state index >= 15 is 4.39 Å². The molecule has 1 aliphatic heterocycles. The van der Waals surface area contributed by atoms with Gasteiger partial charge in [-0.3, -0.25) is 9.78 Å². The highest BCUT2D eigenvalue weighted by Gasteiger charge is 2.30. The summed E-state index contributed by atoms with van der Waals surface area (Å²) in [6, 6.07) is 12.9. The fraction of sp³-hybridized carbons (Fsp3) is 0.375. The Morgan fingerprint density at radius 1 is 1.08 bits per heavy atom. The van der Waals surface area contributed by atoms with E-state index in [1.54, 1.807) is 26.2 Å². The third-order valence-electron chi connectivity index (χ3n) is 7.15. The lowest BCUT2D eigenvalue weighted by atomic mass is 9.94. The number of ketones is 1. The fourth-order valence-corrected chi connectivity index (χ4v) is 5.34. The molecule has 6 heteroatoms. The first-order valence-corrected chi connectivity index (χ1v) is 13.2. The van der Waals surface area contributed by atoms with Crippen molar-refractivity contribution in [2.75, 3.05) is 13.2 Å². The van der Waals surface area contributed by atoms with Crippen LogP contribution in [-0.2, 0) is 16.0 Å². The highest BCUT2D eigenvalue weighted by molar-refractivity contribution is 5.77. The predicted molar refractivity (Wildman–Crippen MR) is 144 cm³/mol. The lowest BCUT2D eigenvalue weighted by Gasteiger charge is -2.23. The molecule has 3 aromatic rings. The quantitative estimate of drug-likeness (QED) is 0.318. The lowest BCUT2D eigenvalue weighted by molar-refractivity contribution is -0.117. The van der Waals surface area contributed by atoms with Crippen molar-refractivity contribution in [2.45, 2.75) is 64.1 Å². The molecular weight excluding hydrogens is 481 g/mol. The Balaban J connectivity index is 1.35. The van der Waals surface area contributed by atoms with Gasteiger partial charge < -0.3 is 14.2 Å². The summed E-state index contributed by atoms with van der Waals surface area (Å²) in [6.07, 6.45) is 6.76. The van der Waals surface area contributed by atoms with Gasteiger partial charge in [0.25, 0.3) is 0 Å². The molecule has 5 nitrogen and oxygen atoms in total. The summed E-state index contributed by atoms with van der Waals surface area (Å²) in [7, 11) is 0. The molecule has 0 saturated carbocycles. The summed E-state index contributed by atoms with van der Waals surface area (Å²) in [5.41, 5.74) is 4.39. The van der Waals surface area contributed by atoms with E-state index in [-0.39, 0.29) is 29.7 Å². The number of pyridine rings is 1. The predicted octanol–water partition coefficient (Wildman–Crippen LogP) is 6.60. The number of hydrogen-bond donors (Lipinski definition) is 0. The van der Waals surface area contributed by atoms with Crippen molar-refractivity contribution in [2.24, 2.45) is 0 Å². The van der Waals surface area contributed by atoms with Gasteiger partial charge in [-0.1, -0.05) is 24.1 Å². The Labute approximate surface area is 223 Å². The van der Waals surface area contributed by atoms with Crippen LogP contribution in [0, 0.1) is 17.7 Å². The zero-order valence-corrected chi connectivity index (χ0v) is 21.8. The van der Waals surface area contributed by atoms with Gasteiger partial charge in [-0.25, -0.2) is 4.39 Å². The van der Waals surface area contributed by atoms with Gasteiger partial charge in [0.1, 0.15) is 35.3 Å². The average Bonchev–Trinajstić information content (AvgIpc) is 3.34. The van der Waals surface area contributed by atoms with Gasteiger partial charge in [-0.2, -0.15) is 0 Å². The molecule has 38 heavy (non-hydrogen) atoms. The minimum atomic E-state index is -0.381. The van der Waals surface area contributed by atoms with Gasteiger partial charge in [0.2, 0.25) is 0 Å². The van der Waals surface area contributed by atoms with E-state index in [1.165, 1.54) is 6.07 Å². The third-order valence-corrected chi connectivity index (χ3v) is 7.15. The standard InChI is InChI=1S/C32H32FNO4/c1-3-4-23(17-21(2)35)22-5-7-25(8-6-22)38-31-12-10-29-28(9-11-30(33)32(29)31)24-18-27(20-34-19-24)37-26-13-15-36-16-14-26/h5-9,11,18-20,23,26,31H,10,12-17H2,1-2H3/t23-,31+/m0/s1. The first-order valence-electron chi connectivity index (χ1n) is 13.2. The van der Waals surface area contributed by atoms with E-state index < -0.39 is 0 Å². The van der Waals surface area contributed by atoms with Crippen molar-refractivity contribution in [1.82, 2.24) is 4.98 Å². The summed E-state index contributed by atoms with van der Waals surface area (Å²) in [4.78, 5) is 16.0. The van der Waals surface area contributed by atoms with E-state index in [1.807, 2.05) is 36.4 Å². The largest absolute Gasteiger partial charge is 0.489 e. The number of Topliss-reactive ketones (excluding diaryl/α,β-unsaturated/α-hetero) is 1. The summed E-state index contributed by atoms with van der Waals surface area (Å²) in [6.45, 7) is 4.77. The Kier molecular flexibility index (Phi) is 8.05. The molecule has 196 valence electrons. The third kappa shape index (κ3) is 5.89. The number of nitrogens with zero attached hydrogens (tertiary/aromatic N) is 1. The molecule has 0 amide bonds. The maximum absolute atomic E-state index is 15.1. The maximum atomic E-state index is 15.1. The molecule has 0 N–H and O–H groups in total. The Hall–Kier alpha value is -3.69. The number of rotatable bonds is 8. The van der Waals surface area contributed by atoms with Gasteiger partial charge in [0, 0.05) is 36.6 Å². The second-order valence-corrected chi connectivity index (χ2v) is 9.89. The fourth-order valence-electron chi connectivity index (χ4n) is 5.34. The second kappa shape index (κ2) is 11.8. The molecule has 2 heterocycles. The van der Waals surface area contributed by atoms with Gasteiger partial charge in [0.15, 0.2) is 0 Å². The molecule has 5 rings (SSSR count). The summed E-state index contributed by atoms with van der Waals surface area (Å²) < 4.78 is 33.0. The van der Waals surface area contributed by atoms with Crippen molar-refractivity contribution in [3.8, 4) is 34.5 Å². The smallest absolute Gasteiger partial charge is 0.138 e. The molecule has 1 aromatic heterocycles. The summed E-state index contributed by atoms with van der Waals surface area (Å²) in [5, 5.41) is 0. The molecule has 2 aromatic carbocycles. The number of fused-ring (bicyclic) bond motifs is 1. The van der Waals surface area contributed by atoms with E-state index in [0.29, 0.717) is 49.5 Å². The van der Waals surface area contributed by atoms with Crippen molar-refractivity contribution < 1.29 is 23.4 Å². The molecule has 0 unspecified atom stereocenters. The molecular formula is C32H32FNO4. The Bertz CT molecular complexity index is 1350. The highest BCUT2D eigenvalue weighted by Crippen LogP contribution is 2.42. The molecule has 2 aliphatic rings. The van der Waals surface area contributed by atoms with Crippen LogP contribution in [0.1, 0.15) is 68.2 Å². The van der Waals surface area contributed by atoms with Crippen molar-refractivity contribution in [3.05, 3.63) is 77.4 Å². The molecule has 1 saturated heterocycles. The van der Waals surface area contributed by atoms with Gasteiger partial charge in [-0.15, -0.1) is 5.92 Å². The zero-order chi connectivity index (χ0) is 26.5. The van der Waals surface area contributed by atoms with Crippen LogP contribution in [0.4, 0.5) is 4.39 Å². The van der Waals surface area contributed by atoms with E-state index in [2.05, 4.69) is 16.8 Å². The average molecular weight is 514 g/mol. The first kappa shape index (κ1) is 25.9. The van der Waals surface area contributed by atoms with Crippen LogP contribution in [0.2, 0.25) is 0 Å². The molecule has 1 fully saturated rings.